The van der Waals surface area contributed by atoms with Crippen LogP contribution in [0.25, 0.3) is 0 Å². The Morgan fingerprint density at radius 1 is 1.50 bits per heavy atom. The number of hydrogen-bond acceptors (Lipinski definition) is 3. The van der Waals surface area contributed by atoms with E-state index in [0.717, 1.165) is 0 Å². The van der Waals surface area contributed by atoms with Crippen molar-refractivity contribution < 1.29 is 22.7 Å². The molecule has 3 nitrogen and oxygen atoms in total. The molecule has 0 aromatic rings. The lowest BCUT2D eigenvalue weighted by molar-refractivity contribution is -0.185. The lowest BCUT2D eigenvalue weighted by Crippen LogP contribution is -2.47. The summed E-state index contributed by atoms with van der Waals surface area (Å²) in [6, 6.07) is -0.819. The molecule has 1 heterocycles. The maximum atomic E-state index is 12.3. The third-order valence-electron chi connectivity index (χ3n) is 2.35. The fraction of sp³-hybridized carbons (Fsp3) is 0.875. The summed E-state index contributed by atoms with van der Waals surface area (Å²) >= 11 is 0. The van der Waals surface area contributed by atoms with Gasteiger partial charge in [-0.25, -0.2) is 0 Å². The highest BCUT2D eigenvalue weighted by Gasteiger charge is 2.43. The van der Waals surface area contributed by atoms with Crippen LogP contribution in [0.5, 0.6) is 0 Å². The van der Waals surface area contributed by atoms with E-state index in [9.17, 15) is 18.0 Å². The van der Waals surface area contributed by atoms with Crippen LogP contribution in [-0.2, 0) is 9.53 Å². The van der Waals surface area contributed by atoms with E-state index < -0.39 is 24.1 Å². The van der Waals surface area contributed by atoms with Crippen molar-refractivity contribution in [2.75, 3.05) is 13.7 Å². The van der Waals surface area contributed by atoms with Gasteiger partial charge in [-0.3, -0.25) is 4.79 Å². The molecule has 14 heavy (non-hydrogen) atoms. The Balaban J connectivity index is 2.56. The van der Waals surface area contributed by atoms with Gasteiger partial charge >= 0.3 is 12.1 Å². The lowest BCUT2D eigenvalue weighted by atomic mass is 9.92. The van der Waals surface area contributed by atoms with E-state index in [4.69, 9.17) is 0 Å². The minimum atomic E-state index is -4.21. The molecule has 0 aromatic carbocycles. The SMILES string of the molecule is COC(=O)[C@H]1C[C@H](C(F)(F)F)CCN1. The number of ether oxygens (including phenoxy) is 1. The van der Waals surface area contributed by atoms with Crippen LogP contribution in [0.4, 0.5) is 13.2 Å². The molecule has 82 valence electrons. The summed E-state index contributed by atoms with van der Waals surface area (Å²) in [5, 5.41) is 2.70. The highest BCUT2D eigenvalue weighted by atomic mass is 19.4. The third kappa shape index (κ3) is 2.60. The van der Waals surface area contributed by atoms with Crippen molar-refractivity contribution in [3.05, 3.63) is 0 Å². The first-order valence-electron chi connectivity index (χ1n) is 4.33. The minimum absolute atomic E-state index is 0.0248. The van der Waals surface area contributed by atoms with E-state index in [2.05, 4.69) is 10.1 Å². The number of nitrogens with one attached hydrogen (secondary N) is 1. The van der Waals surface area contributed by atoms with Gasteiger partial charge in [-0.05, 0) is 19.4 Å². The van der Waals surface area contributed by atoms with Crippen molar-refractivity contribution in [2.24, 2.45) is 5.92 Å². The zero-order valence-electron chi connectivity index (χ0n) is 7.73. The van der Waals surface area contributed by atoms with Crippen molar-refractivity contribution in [3.8, 4) is 0 Å². The summed E-state index contributed by atoms with van der Waals surface area (Å²) in [5.41, 5.74) is 0. The molecule has 1 fully saturated rings. The average molecular weight is 211 g/mol. The Morgan fingerprint density at radius 3 is 2.64 bits per heavy atom. The fourth-order valence-electron chi connectivity index (χ4n) is 1.54. The normalized spacial score (nSPS) is 28.6. The fourth-order valence-corrected chi connectivity index (χ4v) is 1.54. The van der Waals surface area contributed by atoms with Crippen molar-refractivity contribution in [1.29, 1.82) is 0 Å². The first kappa shape index (κ1) is 11.3. The smallest absolute Gasteiger partial charge is 0.391 e. The molecule has 0 aliphatic carbocycles. The van der Waals surface area contributed by atoms with Crippen LogP contribution in [-0.4, -0.2) is 31.8 Å². The number of carbonyl (C=O) groups excluding carboxylic acids is 1. The molecular weight excluding hydrogens is 199 g/mol. The second-order valence-corrected chi connectivity index (χ2v) is 3.29. The number of alkyl halides is 3. The Hall–Kier alpha value is -0.780. The molecule has 1 saturated heterocycles. The van der Waals surface area contributed by atoms with E-state index in [1.807, 2.05) is 0 Å². The molecule has 0 aromatic heterocycles. The van der Waals surface area contributed by atoms with Gasteiger partial charge in [-0.2, -0.15) is 13.2 Å². The average Bonchev–Trinajstić information content (AvgIpc) is 2.15. The summed E-state index contributed by atoms with van der Waals surface area (Å²) in [7, 11) is 1.17. The predicted octanol–water partition coefficient (Wildman–Crippen LogP) is 1.09. The van der Waals surface area contributed by atoms with Crippen LogP contribution in [0.1, 0.15) is 12.8 Å². The van der Waals surface area contributed by atoms with Crippen LogP contribution in [0.2, 0.25) is 0 Å². The summed E-state index contributed by atoms with van der Waals surface area (Å²) in [6.07, 6.45) is -4.42. The molecule has 0 amide bonds. The summed E-state index contributed by atoms with van der Waals surface area (Å²) in [6.45, 7) is 0.198. The molecule has 1 aliphatic heterocycles. The molecule has 0 unspecified atom stereocenters. The van der Waals surface area contributed by atoms with Gasteiger partial charge in [-0.15, -0.1) is 0 Å². The van der Waals surface area contributed by atoms with E-state index in [1.54, 1.807) is 0 Å². The summed E-state index contributed by atoms with van der Waals surface area (Å²) < 4.78 is 41.3. The van der Waals surface area contributed by atoms with Crippen LogP contribution in [0, 0.1) is 5.92 Å². The molecule has 1 rings (SSSR count). The number of halogens is 3. The first-order chi connectivity index (χ1) is 6.45. The summed E-state index contributed by atoms with van der Waals surface area (Å²) in [5.74, 6) is -2.02. The van der Waals surface area contributed by atoms with E-state index in [0.29, 0.717) is 0 Å². The standard InChI is InChI=1S/C8H12F3NO2/c1-14-7(13)6-4-5(2-3-12-6)8(9,10)11/h5-6,12H,2-4H2,1H3/t5-,6-/m1/s1. The molecule has 1 N–H and O–H groups in total. The van der Waals surface area contributed by atoms with E-state index in [-0.39, 0.29) is 19.4 Å². The maximum absolute atomic E-state index is 12.3. The third-order valence-corrected chi connectivity index (χ3v) is 2.35. The zero-order valence-corrected chi connectivity index (χ0v) is 7.73. The van der Waals surface area contributed by atoms with Gasteiger partial charge < -0.3 is 10.1 Å². The van der Waals surface area contributed by atoms with E-state index >= 15 is 0 Å². The Labute approximate surface area is 79.6 Å². The Morgan fingerprint density at radius 2 is 2.14 bits per heavy atom. The predicted molar refractivity (Wildman–Crippen MR) is 42.6 cm³/mol. The highest BCUT2D eigenvalue weighted by molar-refractivity contribution is 5.75. The van der Waals surface area contributed by atoms with E-state index in [1.165, 1.54) is 7.11 Å². The Bertz CT molecular complexity index is 217. The Kier molecular flexibility index (Phi) is 3.36. The van der Waals surface area contributed by atoms with Crippen molar-refractivity contribution in [3.63, 3.8) is 0 Å². The van der Waals surface area contributed by atoms with Crippen LogP contribution >= 0.6 is 0 Å². The summed E-state index contributed by atoms with van der Waals surface area (Å²) in [4.78, 5) is 11.0. The quantitative estimate of drug-likeness (QED) is 0.660. The first-order valence-corrected chi connectivity index (χ1v) is 4.33. The van der Waals surface area contributed by atoms with Gasteiger partial charge in [0.25, 0.3) is 0 Å². The van der Waals surface area contributed by atoms with Crippen molar-refractivity contribution in [1.82, 2.24) is 5.32 Å². The number of hydrogen-bond donors (Lipinski definition) is 1. The largest absolute Gasteiger partial charge is 0.468 e. The molecule has 0 bridgehead atoms. The molecule has 0 spiro atoms. The van der Waals surface area contributed by atoms with Crippen molar-refractivity contribution >= 4 is 5.97 Å². The van der Waals surface area contributed by atoms with Gasteiger partial charge in [0, 0.05) is 0 Å². The minimum Gasteiger partial charge on any atom is -0.468 e. The van der Waals surface area contributed by atoms with Gasteiger partial charge in [-0.1, -0.05) is 0 Å². The number of rotatable bonds is 1. The van der Waals surface area contributed by atoms with Gasteiger partial charge in [0.15, 0.2) is 0 Å². The second kappa shape index (κ2) is 4.16. The lowest BCUT2D eigenvalue weighted by Gasteiger charge is -2.29. The van der Waals surface area contributed by atoms with Gasteiger partial charge in [0.2, 0.25) is 0 Å². The highest BCUT2D eigenvalue weighted by Crippen LogP contribution is 2.34. The molecule has 6 heteroatoms. The van der Waals surface area contributed by atoms with Crippen LogP contribution < -0.4 is 5.32 Å². The molecule has 2 atom stereocenters. The zero-order chi connectivity index (χ0) is 10.8. The number of methoxy groups -OCH3 is 1. The monoisotopic (exact) mass is 211 g/mol. The van der Waals surface area contributed by atoms with Crippen LogP contribution in [0.3, 0.4) is 0 Å². The maximum Gasteiger partial charge on any atom is 0.391 e. The topological polar surface area (TPSA) is 38.3 Å². The van der Waals surface area contributed by atoms with Crippen molar-refractivity contribution in [2.45, 2.75) is 25.1 Å². The van der Waals surface area contributed by atoms with Crippen LogP contribution in [0.15, 0.2) is 0 Å². The number of carbonyl (C=O) groups is 1. The number of piperidine rings is 1. The second-order valence-electron chi connectivity index (χ2n) is 3.29. The molecular formula is C8H12F3NO2. The molecule has 1 aliphatic rings. The van der Waals surface area contributed by atoms with Gasteiger partial charge in [0.1, 0.15) is 6.04 Å². The van der Waals surface area contributed by atoms with Gasteiger partial charge in [0.05, 0.1) is 13.0 Å². The molecule has 0 radical (unpaired) electrons. The molecule has 0 saturated carbocycles. The number of esters is 1.